The molecule has 9 fully saturated rings. The Kier molecular flexibility index (Phi) is 38.9. The summed E-state index contributed by atoms with van der Waals surface area (Å²) in [7, 11) is 6.44. The van der Waals surface area contributed by atoms with Crippen LogP contribution in [0.25, 0.3) is 5.57 Å². The average molecular weight is 2140 g/mol. The molecular formula is C116H166Cl2O32. The molecule has 1 aromatic rings. The molecule has 17 rings (SSSR count). The van der Waals surface area contributed by atoms with E-state index in [0.717, 1.165) is 36.8 Å². The van der Waals surface area contributed by atoms with Crippen LogP contribution in [-0.4, -0.2) is 296 Å². The number of fused-ring (bicyclic) bond motifs is 4. The summed E-state index contributed by atoms with van der Waals surface area (Å²) >= 11 is 12.4. The number of ether oxygens (including phenoxy) is 22. The fraction of sp³-hybridized carbons (Fsp3) is 0.724. The molecule has 4 bridgehead atoms. The van der Waals surface area contributed by atoms with Crippen molar-refractivity contribution in [2.75, 3.05) is 41.7 Å². The smallest absolute Gasteiger partial charge is 0.343 e. The minimum Gasteiger partial charge on any atom is -0.462 e. The van der Waals surface area contributed by atoms with Crippen LogP contribution in [0.4, 0.5) is 0 Å². The van der Waals surface area contributed by atoms with Crippen molar-refractivity contribution in [2.45, 2.75) is 441 Å². The molecule has 836 valence electrons. The SMILES string of the molecule is CCC(C)(C)C(=O)OC1=C(c2ccc(Cl)cc2Cl)C(=O)OC12CCCCC2.CC[C@H](C)[C@H]1O[C@]2(C=C[C@@H]1C)C[C@@H]1C[C@@H](C/C=C(\C)[C@@H](O[C@H]3C[C@H](OC)[C@@H](O[C@H]4C[C@H](OC)[C@@H](O)[C@H](C)O4)[C@H](C)O3)[C@@H](C)/C=C/C=C3\CO[C@@H]4[C@H](O)C(C)=C[C@@H](C(=O)O1)[C@]34O)O2.CO[C@H]1C[C@H](O[C@H]2[C@H](C)O[C@@H](O[C@@H]3/C(C)=C/C[C@@H]4C[C@@H](C[C@]5(C=C[C@H](C)[C@@H](C(C)C)O5)O4)OC(=O)[C@@H]4C=C(C)[C@@H](O)[C@H]5OC/C(=C\C=C\[C@@H]3C)[C@]54O)C[C@@H]2OC)O[C@@H](C)[C@@H]1O. The summed E-state index contributed by atoms with van der Waals surface area (Å²) in [4.78, 5) is 54.3. The molecule has 13 aliphatic heterocycles. The van der Waals surface area contributed by atoms with Gasteiger partial charge in [0.2, 0.25) is 0 Å². The number of methoxy groups -OCH3 is 4. The van der Waals surface area contributed by atoms with Crippen molar-refractivity contribution in [1.82, 2.24) is 0 Å². The number of aliphatic hydroxyl groups is 6. The van der Waals surface area contributed by atoms with Crippen molar-refractivity contribution in [3.8, 4) is 0 Å². The second-order valence-electron chi connectivity index (χ2n) is 45.7. The molecule has 0 aromatic heterocycles. The Morgan fingerprint density at radius 2 is 0.947 bits per heavy atom. The van der Waals surface area contributed by atoms with Gasteiger partial charge >= 0.3 is 23.9 Å². The molecule has 8 saturated heterocycles. The average Bonchev–Trinajstić information content (AvgIpc) is 1.57. The number of carbonyl (C=O) groups is 4. The first-order chi connectivity index (χ1) is 71.2. The predicted octanol–water partition coefficient (Wildman–Crippen LogP) is 16.3. The first-order valence-corrected chi connectivity index (χ1v) is 55.3. The fourth-order valence-electron chi connectivity index (χ4n) is 24.5. The third kappa shape index (κ3) is 25.4. The van der Waals surface area contributed by atoms with Gasteiger partial charge in [-0.25, -0.2) is 4.79 Å². The van der Waals surface area contributed by atoms with Gasteiger partial charge in [-0.3, -0.25) is 14.4 Å². The third-order valence-corrected chi connectivity index (χ3v) is 34.6. The number of halogens is 2. The molecule has 3 aliphatic carbocycles. The molecule has 39 atom stereocenters. The predicted molar refractivity (Wildman–Crippen MR) is 555 cm³/mol. The van der Waals surface area contributed by atoms with Gasteiger partial charge in [0.25, 0.3) is 0 Å². The van der Waals surface area contributed by atoms with Crippen molar-refractivity contribution in [1.29, 1.82) is 0 Å². The van der Waals surface area contributed by atoms with Gasteiger partial charge in [-0.15, -0.1) is 0 Å². The maximum atomic E-state index is 14.3. The number of benzene rings is 1. The molecule has 0 amide bonds. The molecule has 0 radical (unpaired) electrons. The van der Waals surface area contributed by atoms with E-state index < -0.39 is 199 Å². The molecule has 1 aromatic carbocycles. The highest BCUT2D eigenvalue weighted by molar-refractivity contribution is 6.37. The standard InChI is InChI=1S/C48H72O14.C47H70O14.C21H24Cl2O4/c1-11-25(2)43-28(5)17-18-47(62-43)23-34-20-33(61-47)16-15-27(4)42(26(3)13-12-14-32-24-55-45-40(49)29(6)19-35(46(51)58-34)48(32,45)52)59-39-22-37(54-10)44(31(8)57-39)60-38-21-36(53-9)41(50)30(7)56-38;1-24(2)41-27(5)16-17-46(61-41)22-33-19-32(60-46)15-14-26(4)42(25(3)12-11-13-31-23-54-44-39(48)28(6)18-34(45(50)57-33)47(31,44)51)58-38-21-36(53-10)43(30(8)56-38)59-37-20-35(52-9)40(49)29(7)55-37;1-4-20(2,3)19(25)26-17-16(14-9-8-13(22)12-15(14)23)18(24)27-21(17)10-6-5-7-11-21/h12-15,17-19,25-26,28,30-31,33-45,49-50,52H,11,16,20-24H2,1-10H3;11-14,16-18,24-25,27,29-30,32-44,48-49,51H,15,19-23H2,1-10H3;8-9,12H,4-7,10-11H2,1-3H3/b13-12+,27-15+,32-14+;12-11+,26-14+,31-13+;/t25-,26-,28-,30-,31-,33+,34-,35-,36-,37-,38-,39-,40+,41-,42-,43+,44-,45+,47+,48+;25-,27-,29-,30-,32+,33-,34-,35-,36-,37-,38-,39+,40-,41+,42-,43-,44+,46+,47+;/m00./s1. The van der Waals surface area contributed by atoms with Crippen LogP contribution < -0.4 is 0 Å². The molecule has 32 nitrogen and oxygen atoms in total. The summed E-state index contributed by atoms with van der Waals surface area (Å²) in [6.45, 7) is 37.6. The molecular weight excluding hydrogens is 1980 g/mol. The van der Waals surface area contributed by atoms with E-state index in [1.165, 1.54) is 0 Å². The lowest BCUT2D eigenvalue weighted by molar-refractivity contribution is -0.318. The summed E-state index contributed by atoms with van der Waals surface area (Å²) in [5.74, 6) is -5.75. The van der Waals surface area contributed by atoms with E-state index in [9.17, 15) is 49.8 Å². The van der Waals surface area contributed by atoms with Crippen LogP contribution in [0, 0.1) is 52.8 Å². The van der Waals surface area contributed by atoms with E-state index in [0.29, 0.717) is 127 Å². The van der Waals surface area contributed by atoms with Gasteiger partial charge in [0.15, 0.2) is 48.1 Å². The quantitative estimate of drug-likeness (QED) is 0.0425. The monoisotopic (exact) mass is 2140 g/mol. The molecule has 6 N–H and O–H groups in total. The number of aliphatic hydroxyl groups excluding tert-OH is 4. The van der Waals surface area contributed by atoms with Crippen LogP contribution in [0.5, 0.6) is 0 Å². The van der Waals surface area contributed by atoms with Crippen LogP contribution >= 0.6 is 23.2 Å². The fourth-order valence-corrected chi connectivity index (χ4v) is 25.0. The van der Waals surface area contributed by atoms with Gasteiger partial charge < -0.3 is 135 Å². The van der Waals surface area contributed by atoms with Crippen LogP contribution in [-0.2, 0) is 123 Å². The molecule has 150 heavy (non-hydrogen) atoms. The summed E-state index contributed by atoms with van der Waals surface area (Å²) in [5, 5.41) is 69.2. The Bertz CT molecular complexity index is 5200. The highest BCUT2D eigenvalue weighted by Crippen LogP contribution is 2.54. The minimum absolute atomic E-state index is 0.0313. The minimum atomic E-state index is -1.84. The van der Waals surface area contributed by atoms with E-state index in [-0.39, 0.29) is 96.9 Å². The number of hydrogen-bond acceptors (Lipinski definition) is 32. The summed E-state index contributed by atoms with van der Waals surface area (Å²) in [6.07, 6.45) is 20.9. The highest BCUT2D eigenvalue weighted by Gasteiger charge is 2.64. The number of hydrogen-bond donors (Lipinski definition) is 6. The Morgan fingerprint density at radius 3 is 1.37 bits per heavy atom. The van der Waals surface area contributed by atoms with Crippen LogP contribution in [0.15, 0.2) is 142 Å². The molecule has 1 saturated carbocycles. The maximum Gasteiger partial charge on any atom is 0.343 e. The summed E-state index contributed by atoms with van der Waals surface area (Å²) < 4.78 is 139. The van der Waals surface area contributed by atoms with E-state index in [2.05, 4.69) is 79.7 Å². The van der Waals surface area contributed by atoms with Crippen molar-refractivity contribution in [2.24, 2.45) is 52.8 Å². The Balaban J connectivity index is 0.000000181. The number of carbonyl (C=O) groups excluding carboxylic acids is 4. The molecule has 13 heterocycles. The van der Waals surface area contributed by atoms with Gasteiger partial charge in [0.05, 0.1) is 109 Å². The van der Waals surface area contributed by atoms with Crippen LogP contribution in [0.2, 0.25) is 10.0 Å². The first-order valence-electron chi connectivity index (χ1n) is 54.5. The zero-order valence-corrected chi connectivity index (χ0v) is 93.1. The van der Waals surface area contributed by atoms with Gasteiger partial charge in [0.1, 0.15) is 89.7 Å². The molecule has 3 spiro atoms. The second-order valence-corrected chi connectivity index (χ2v) is 46.5. The van der Waals surface area contributed by atoms with Gasteiger partial charge in [-0.2, -0.15) is 0 Å². The second kappa shape index (κ2) is 49.6. The lowest BCUT2D eigenvalue weighted by Gasteiger charge is -2.48. The number of rotatable bonds is 19. The van der Waals surface area contributed by atoms with Crippen LogP contribution in [0.1, 0.15) is 246 Å². The van der Waals surface area contributed by atoms with Crippen molar-refractivity contribution >= 4 is 52.7 Å². The zero-order chi connectivity index (χ0) is 108. The lowest BCUT2D eigenvalue weighted by atomic mass is 9.71. The lowest BCUT2D eigenvalue weighted by Crippen LogP contribution is -2.58. The Hall–Kier alpha value is -6.14. The van der Waals surface area contributed by atoms with Crippen molar-refractivity contribution in [3.63, 3.8) is 0 Å². The number of esters is 4. The van der Waals surface area contributed by atoms with Gasteiger partial charge in [0, 0.05) is 114 Å². The summed E-state index contributed by atoms with van der Waals surface area (Å²) in [5.41, 5.74) is -0.570. The van der Waals surface area contributed by atoms with E-state index in [1.54, 1.807) is 98.6 Å². The van der Waals surface area contributed by atoms with Crippen LogP contribution in [0.3, 0.4) is 0 Å². The maximum absolute atomic E-state index is 14.3. The summed E-state index contributed by atoms with van der Waals surface area (Å²) in [6, 6.07) is 4.90. The Labute approximate surface area is 894 Å². The van der Waals surface area contributed by atoms with Crippen molar-refractivity contribution < 1.29 is 154 Å². The normalized spacial score (nSPS) is 43.9. The molecule has 34 heteroatoms. The Morgan fingerprint density at radius 1 is 0.520 bits per heavy atom. The van der Waals surface area contributed by atoms with E-state index >= 15 is 0 Å². The highest BCUT2D eigenvalue weighted by atomic mass is 35.5. The zero-order valence-electron chi connectivity index (χ0n) is 91.6. The molecule has 0 unspecified atom stereocenters. The first kappa shape index (κ1) is 118. The third-order valence-electron chi connectivity index (χ3n) is 34.1. The van der Waals surface area contributed by atoms with E-state index in [4.69, 9.17) is 127 Å². The van der Waals surface area contributed by atoms with Gasteiger partial charge in [-0.1, -0.05) is 177 Å². The number of allylic oxidation sites excluding steroid dienone is 4. The van der Waals surface area contributed by atoms with E-state index in [1.807, 2.05) is 84.9 Å². The topological polar surface area (TPSA) is 393 Å². The molecule has 16 aliphatic rings. The largest absolute Gasteiger partial charge is 0.462 e. The van der Waals surface area contributed by atoms with Gasteiger partial charge in [-0.05, 0) is 184 Å². The van der Waals surface area contributed by atoms with Crippen molar-refractivity contribution in [3.05, 3.63) is 158 Å².